The van der Waals surface area contributed by atoms with Gasteiger partial charge in [-0.25, -0.2) is 11.6 Å². The number of hydrogen-bond acceptors (Lipinski definition) is 1. The van der Waals surface area contributed by atoms with Gasteiger partial charge in [0.2, 0.25) is 6.04 Å². The van der Waals surface area contributed by atoms with Gasteiger partial charge in [-0.1, -0.05) is 0 Å². The summed E-state index contributed by atoms with van der Waals surface area (Å²) in [6, 6.07) is 1.75. The molecule has 0 aliphatic carbocycles. The van der Waals surface area contributed by atoms with Crippen LogP contribution in [-0.2, 0) is 0 Å². The van der Waals surface area contributed by atoms with E-state index < -0.39 is 0 Å². The van der Waals surface area contributed by atoms with Crippen LogP contribution in [0.25, 0.3) is 4.85 Å². The lowest BCUT2D eigenvalue weighted by atomic mass is 10.2. The Balaban J connectivity index is 3.15. The van der Waals surface area contributed by atoms with Crippen molar-refractivity contribution < 1.29 is 0 Å². The Morgan fingerprint density at radius 1 is 1.58 bits per heavy atom. The van der Waals surface area contributed by atoms with Crippen LogP contribution in [0.5, 0.6) is 0 Å². The van der Waals surface area contributed by atoms with Crippen LogP contribution < -0.4 is 0 Å². The van der Waals surface area contributed by atoms with Crippen molar-refractivity contribution >= 4 is 31.9 Å². The first-order valence-corrected chi connectivity index (χ1v) is 4.91. The van der Waals surface area contributed by atoms with E-state index in [1.165, 1.54) is 0 Å². The molecule has 1 heterocycles. The molecule has 2 nitrogen and oxygen atoms in total. The maximum Gasteiger partial charge on any atom is 0.248 e. The second-order valence-corrected chi connectivity index (χ2v) is 4.01. The minimum Gasteiger partial charge on any atom is -0.309 e. The zero-order valence-electron chi connectivity index (χ0n) is 6.38. The number of pyridine rings is 1. The van der Waals surface area contributed by atoms with E-state index in [0.717, 1.165) is 14.6 Å². The molecule has 1 aromatic heterocycles. The third-order valence-corrected chi connectivity index (χ3v) is 2.57. The minimum atomic E-state index is -0.149. The van der Waals surface area contributed by atoms with Crippen molar-refractivity contribution in [2.45, 2.75) is 13.0 Å². The van der Waals surface area contributed by atoms with Crippen molar-refractivity contribution in [2.24, 2.45) is 0 Å². The van der Waals surface area contributed by atoms with E-state index in [0.29, 0.717) is 0 Å². The minimum absolute atomic E-state index is 0.149. The molecule has 0 fully saturated rings. The van der Waals surface area contributed by atoms with Gasteiger partial charge in [0.15, 0.2) is 0 Å². The summed E-state index contributed by atoms with van der Waals surface area (Å²) in [6.07, 6.45) is 1.70. The van der Waals surface area contributed by atoms with E-state index in [9.17, 15) is 0 Å². The Morgan fingerprint density at radius 3 is 2.83 bits per heavy atom. The van der Waals surface area contributed by atoms with Crippen molar-refractivity contribution in [1.82, 2.24) is 4.98 Å². The largest absolute Gasteiger partial charge is 0.309 e. The van der Waals surface area contributed by atoms with Crippen LogP contribution in [0.1, 0.15) is 18.5 Å². The van der Waals surface area contributed by atoms with Gasteiger partial charge < -0.3 is 4.85 Å². The molecular weight excluding hydrogens is 284 g/mol. The first-order chi connectivity index (χ1) is 5.65. The van der Waals surface area contributed by atoms with Gasteiger partial charge in [0.05, 0.1) is 5.56 Å². The molecule has 0 aliphatic heterocycles. The number of hydrogen-bond donors (Lipinski definition) is 0. The molecular formula is C8H6Br2N2. The summed E-state index contributed by atoms with van der Waals surface area (Å²) < 4.78 is 1.64. The van der Waals surface area contributed by atoms with Gasteiger partial charge in [-0.2, -0.15) is 0 Å². The Morgan fingerprint density at radius 2 is 2.25 bits per heavy atom. The fraction of sp³-hybridized carbons (Fsp3) is 0.250. The third kappa shape index (κ3) is 2.05. The average molecular weight is 290 g/mol. The van der Waals surface area contributed by atoms with Crippen LogP contribution in [0.15, 0.2) is 21.3 Å². The maximum absolute atomic E-state index is 6.87. The SMILES string of the molecule is [C-]#[N+]C(C)c1cc(Br)cnc1Br. The molecule has 0 saturated carbocycles. The standard InChI is InChI=1S/C8H6Br2N2/c1-5(11-2)7-3-6(9)4-12-8(7)10/h3-5H,1H3. The Hall–Kier alpha value is -0.400. The molecule has 0 aromatic carbocycles. The van der Waals surface area contributed by atoms with Crippen LogP contribution >= 0.6 is 31.9 Å². The molecule has 62 valence electrons. The lowest BCUT2D eigenvalue weighted by Crippen LogP contribution is -1.91. The average Bonchev–Trinajstić information content (AvgIpc) is 2.08. The monoisotopic (exact) mass is 288 g/mol. The van der Waals surface area contributed by atoms with Gasteiger partial charge in [-0.05, 0) is 37.9 Å². The zero-order chi connectivity index (χ0) is 9.14. The summed E-state index contributed by atoms with van der Waals surface area (Å²) >= 11 is 6.60. The van der Waals surface area contributed by atoms with Crippen LogP contribution in [0.4, 0.5) is 0 Å². The van der Waals surface area contributed by atoms with E-state index in [1.54, 1.807) is 6.20 Å². The Kier molecular flexibility index (Phi) is 3.24. The summed E-state index contributed by atoms with van der Waals surface area (Å²) in [5.41, 5.74) is 0.916. The van der Waals surface area contributed by atoms with Gasteiger partial charge in [-0.3, -0.25) is 0 Å². The number of aromatic nitrogens is 1. The quantitative estimate of drug-likeness (QED) is 0.570. The lowest BCUT2D eigenvalue weighted by molar-refractivity contribution is 0.932. The summed E-state index contributed by atoms with van der Waals surface area (Å²) in [5, 5.41) is 0. The van der Waals surface area contributed by atoms with Crippen molar-refractivity contribution in [2.75, 3.05) is 0 Å². The molecule has 1 rings (SSSR count). The first-order valence-electron chi connectivity index (χ1n) is 3.32. The van der Waals surface area contributed by atoms with Crippen LogP contribution in [0.3, 0.4) is 0 Å². The second-order valence-electron chi connectivity index (χ2n) is 2.34. The van der Waals surface area contributed by atoms with E-state index in [2.05, 4.69) is 41.7 Å². The summed E-state index contributed by atoms with van der Waals surface area (Å²) in [5.74, 6) is 0. The normalized spacial score (nSPS) is 12.2. The van der Waals surface area contributed by atoms with Crippen LogP contribution in [-0.4, -0.2) is 4.98 Å². The van der Waals surface area contributed by atoms with Crippen molar-refractivity contribution in [3.63, 3.8) is 0 Å². The molecule has 0 radical (unpaired) electrons. The molecule has 0 bridgehead atoms. The highest BCUT2D eigenvalue weighted by Gasteiger charge is 2.13. The van der Waals surface area contributed by atoms with Gasteiger partial charge in [0.25, 0.3) is 0 Å². The summed E-state index contributed by atoms with van der Waals surface area (Å²) in [6.45, 7) is 8.72. The molecule has 0 saturated heterocycles. The topological polar surface area (TPSA) is 17.2 Å². The van der Waals surface area contributed by atoms with E-state index in [1.807, 2.05) is 13.0 Å². The van der Waals surface area contributed by atoms with Gasteiger partial charge in [-0.15, -0.1) is 0 Å². The number of nitrogens with zero attached hydrogens (tertiary/aromatic N) is 2. The molecule has 12 heavy (non-hydrogen) atoms. The van der Waals surface area contributed by atoms with E-state index >= 15 is 0 Å². The fourth-order valence-electron chi connectivity index (χ4n) is 0.801. The van der Waals surface area contributed by atoms with E-state index in [4.69, 9.17) is 6.57 Å². The van der Waals surface area contributed by atoms with Gasteiger partial charge in [0, 0.05) is 17.6 Å². The third-order valence-electron chi connectivity index (χ3n) is 1.48. The molecule has 4 heteroatoms. The predicted octanol–water partition coefficient (Wildman–Crippen LogP) is 3.59. The molecule has 1 unspecified atom stereocenters. The maximum atomic E-state index is 6.87. The van der Waals surface area contributed by atoms with Crippen molar-refractivity contribution in [3.05, 3.63) is 38.3 Å². The fourth-order valence-corrected chi connectivity index (χ4v) is 1.70. The first kappa shape index (κ1) is 9.69. The molecule has 0 N–H and O–H groups in total. The van der Waals surface area contributed by atoms with Gasteiger partial charge in [0.1, 0.15) is 4.60 Å². The van der Waals surface area contributed by atoms with Crippen molar-refractivity contribution in [1.29, 1.82) is 0 Å². The molecule has 1 atom stereocenters. The van der Waals surface area contributed by atoms with Crippen LogP contribution in [0, 0.1) is 6.57 Å². The van der Waals surface area contributed by atoms with Gasteiger partial charge >= 0.3 is 0 Å². The highest BCUT2D eigenvalue weighted by molar-refractivity contribution is 9.11. The van der Waals surface area contributed by atoms with Crippen LogP contribution in [0.2, 0.25) is 0 Å². The summed E-state index contributed by atoms with van der Waals surface area (Å²) in [7, 11) is 0. The highest BCUT2D eigenvalue weighted by Crippen LogP contribution is 2.26. The molecule has 0 spiro atoms. The second kappa shape index (κ2) is 4.01. The zero-order valence-corrected chi connectivity index (χ0v) is 9.55. The molecule has 1 aromatic rings. The Bertz CT molecular complexity index is 330. The lowest BCUT2D eigenvalue weighted by Gasteiger charge is -2.01. The smallest absolute Gasteiger partial charge is 0.248 e. The summed E-state index contributed by atoms with van der Waals surface area (Å²) in [4.78, 5) is 7.49. The Labute approximate surface area is 88.1 Å². The predicted molar refractivity (Wildman–Crippen MR) is 54.7 cm³/mol. The van der Waals surface area contributed by atoms with E-state index in [-0.39, 0.29) is 6.04 Å². The number of halogens is 2. The molecule has 0 aliphatic rings. The van der Waals surface area contributed by atoms with Crippen molar-refractivity contribution in [3.8, 4) is 0 Å². The highest BCUT2D eigenvalue weighted by atomic mass is 79.9. The number of rotatable bonds is 1. The molecule has 0 amide bonds.